The topological polar surface area (TPSA) is 43.4 Å². The molecule has 0 amide bonds. The number of fused-ring (bicyclic) bond motifs is 1. The van der Waals surface area contributed by atoms with Crippen molar-refractivity contribution in [1.82, 2.24) is 0 Å². The molecule has 22 heavy (non-hydrogen) atoms. The Morgan fingerprint density at radius 2 is 1.73 bits per heavy atom. The highest BCUT2D eigenvalue weighted by Crippen LogP contribution is 2.36. The highest BCUT2D eigenvalue weighted by molar-refractivity contribution is 6.16. The highest BCUT2D eigenvalue weighted by atomic mass is 19.1. The highest BCUT2D eigenvalue weighted by Gasteiger charge is 2.51. The minimum atomic E-state index is -2.81. The van der Waals surface area contributed by atoms with E-state index in [2.05, 4.69) is 0 Å². The quantitative estimate of drug-likeness (QED) is 0.485. The normalized spacial score (nSPS) is 19.6. The van der Waals surface area contributed by atoms with Crippen molar-refractivity contribution in [3.05, 3.63) is 71.3 Å². The molecule has 0 aliphatic heterocycles. The zero-order valence-electron chi connectivity index (χ0n) is 11.9. The van der Waals surface area contributed by atoms with Crippen LogP contribution in [-0.2, 0) is 15.3 Å². The van der Waals surface area contributed by atoms with Crippen LogP contribution in [0.3, 0.4) is 0 Å². The van der Waals surface area contributed by atoms with Crippen LogP contribution in [0, 0.1) is 6.92 Å². The van der Waals surface area contributed by atoms with Gasteiger partial charge < -0.3 is 4.74 Å². The monoisotopic (exact) mass is 296 g/mol. The molecule has 0 saturated carbocycles. The molecule has 0 spiro atoms. The number of hydrogen-bond donors (Lipinski definition) is 0. The summed E-state index contributed by atoms with van der Waals surface area (Å²) in [5, 5.41) is 0. The molecule has 1 aliphatic rings. The van der Waals surface area contributed by atoms with Gasteiger partial charge in [-0.15, -0.1) is 0 Å². The third-order valence-electron chi connectivity index (χ3n) is 3.60. The molecule has 1 aliphatic carbocycles. The standard InChI is InChI=1S/C18H13FO3/c1-12-6-9-14(10-7-12)22-17(21)18(19)15-5-3-2-4-13(15)8-11-16(18)20/h2-11H,1H3. The summed E-state index contributed by atoms with van der Waals surface area (Å²) >= 11 is 0. The zero-order chi connectivity index (χ0) is 15.7. The van der Waals surface area contributed by atoms with E-state index in [0.717, 1.165) is 11.6 Å². The zero-order valence-corrected chi connectivity index (χ0v) is 11.9. The molecule has 2 aromatic rings. The van der Waals surface area contributed by atoms with E-state index in [9.17, 15) is 9.59 Å². The second kappa shape index (κ2) is 5.22. The number of rotatable bonds is 2. The molecule has 1 atom stereocenters. The molecule has 0 heterocycles. The van der Waals surface area contributed by atoms with Crippen LogP contribution in [0.1, 0.15) is 16.7 Å². The second-order valence-corrected chi connectivity index (χ2v) is 5.15. The SMILES string of the molecule is Cc1ccc(OC(=O)C2(F)C(=O)C=Cc3ccccc32)cc1. The molecule has 0 N–H and O–H groups in total. The molecular weight excluding hydrogens is 283 g/mol. The first kappa shape index (κ1) is 14.2. The average Bonchev–Trinajstić information content (AvgIpc) is 2.53. The minimum absolute atomic E-state index is 0.0135. The number of ether oxygens (including phenoxy) is 1. The maximum Gasteiger partial charge on any atom is 0.362 e. The molecule has 4 heteroatoms. The van der Waals surface area contributed by atoms with Gasteiger partial charge in [0.15, 0.2) is 0 Å². The Balaban J connectivity index is 1.98. The number of carbonyl (C=O) groups excluding carboxylic acids is 2. The van der Waals surface area contributed by atoms with Gasteiger partial charge in [0.1, 0.15) is 5.75 Å². The summed E-state index contributed by atoms with van der Waals surface area (Å²) in [5.74, 6) is -1.95. The van der Waals surface area contributed by atoms with Gasteiger partial charge in [-0.3, -0.25) is 4.79 Å². The molecule has 0 saturated heterocycles. The van der Waals surface area contributed by atoms with Crippen LogP contribution in [0.25, 0.3) is 6.08 Å². The maximum absolute atomic E-state index is 15.2. The lowest BCUT2D eigenvalue weighted by Gasteiger charge is -2.25. The number of allylic oxidation sites excluding steroid dienone is 1. The van der Waals surface area contributed by atoms with Crippen LogP contribution >= 0.6 is 0 Å². The van der Waals surface area contributed by atoms with Crippen molar-refractivity contribution in [2.75, 3.05) is 0 Å². The summed E-state index contributed by atoms with van der Waals surface area (Å²) in [6.45, 7) is 1.88. The predicted molar refractivity (Wildman–Crippen MR) is 80.1 cm³/mol. The molecule has 0 aromatic heterocycles. The van der Waals surface area contributed by atoms with Crippen LogP contribution in [0.2, 0.25) is 0 Å². The van der Waals surface area contributed by atoms with Gasteiger partial charge in [-0.25, -0.2) is 9.18 Å². The van der Waals surface area contributed by atoms with Gasteiger partial charge in [0.25, 0.3) is 5.67 Å². The van der Waals surface area contributed by atoms with E-state index in [1.165, 1.54) is 12.1 Å². The van der Waals surface area contributed by atoms with Crippen molar-refractivity contribution >= 4 is 17.8 Å². The smallest absolute Gasteiger partial charge is 0.362 e. The third-order valence-corrected chi connectivity index (χ3v) is 3.60. The van der Waals surface area contributed by atoms with Crippen LogP contribution in [0.5, 0.6) is 5.75 Å². The Labute approximate surface area is 127 Å². The first-order valence-corrected chi connectivity index (χ1v) is 6.81. The minimum Gasteiger partial charge on any atom is -0.424 e. The molecule has 0 bridgehead atoms. The van der Waals surface area contributed by atoms with Crippen LogP contribution in [0.4, 0.5) is 4.39 Å². The number of alkyl halides is 1. The van der Waals surface area contributed by atoms with Crippen LogP contribution in [0.15, 0.2) is 54.6 Å². The van der Waals surface area contributed by atoms with E-state index in [1.54, 1.807) is 42.5 Å². The number of carbonyl (C=O) groups is 2. The van der Waals surface area contributed by atoms with Gasteiger partial charge in [-0.2, -0.15) is 0 Å². The van der Waals surface area contributed by atoms with Gasteiger partial charge in [-0.05, 0) is 30.7 Å². The lowest BCUT2D eigenvalue weighted by atomic mass is 9.83. The fourth-order valence-electron chi connectivity index (χ4n) is 2.36. The molecule has 3 rings (SSSR count). The first-order chi connectivity index (χ1) is 10.5. The fraction of sp³-hybridized carbons (Fsp3) is 0.111. The number of hydrogen-bond acceptors (Lipinski definition) is 3. The number of aryl methyl sites for hydroxylation is 1. The number of benzene rings is 2. The number of halogens is 1. The summed E-state index contributed by atoms with van der Waals surface area (Å²) in [6, 6.07) is 13.0. The first-order valence-electron chi connectivity index (χ1n) is 6.81. The molecule has 0 radical (unpaired) electrons. The number of ketones is 1. The van der Waals surface area contributed by atoms with Gasteiger partial charge >= 0.3 is 5.97 Å². The maximum atomic E-state index is 15.2. The largest absolute Gasteiger partial charge is 0.424 e. The average molecular weight is 296 g/mol. The van der Waals surface area contributed by atoms with E-state index in [0.29, 0.717) is 5.56 Å². The van der Waals surface area contributed by atoms with Gasteiger partial charge in [0, 0.05) is 5.56 Å². The summed E-state index contributed by atoms with van der Waals surface area (Å²) in [6.07, 6.45) is 2.56. The fourth-order valence-corrected chi connectivity index (χ4v) is 2.36. The molecule has 1 unspecified atom stereocenters. The van der Waals surface area contributed by atoms with E-state index in [-0.39, 0.29) is 11.3 Å². The van der Waals surface area contributed by atoms with Gasteiger partial charge in [-0.1, -0.05) is 48.0 Å². The van der Waals surface area contributed by atoms with Crippen molar-refractivity contribution in [2.24, 2.45) is 0 Å². The molecule has 110 valence electrons. The lowest BCUT2D eigenvalue weighted by molar-refractivity contribution is -0.154. The summed E-state index contributed by atoms with van der Waals surface area (Å²) in [4.78, 5) is 24.3. The lowest BCUT2D eigenvalue weighted by Crippen LogP contribution is -2.43. The Kier molecular flexibility index (Phi) is 3.37. The third kappa shape index (κ3) is 2.22. The van der Waals surface area contributed by atoms with Crippen molar-refractivity contribution in [1.29, 1.82) is 0 Å². The molecule has 3 nitrogen and oxygen atoms in total. The van der Waals surface area contributed by atoms with E-state index in [1.807, 2.05) is 6.92 Å². The Bertz CT molecular complexity index is 777. The summed E-state index contributed by atoms with van der Waals surface area (Å²) in [5.41, 5.74) is -1.32. The Morgan fingerprint density at radius 3 is 2.45 bits per heavy atom. The van der Waals surface area contributed by atoms with Crippen molar-refractivity contribution in [3.8, 4) is 5.75 Å². The molecule has 0 fully saturated rings. The summed E-state index contributed by atoms with van der Waals surface area (Å²) < 4.78 is 20.3. The second-order valence-electron chi connectivity index (χ2n) is 5.15. The van der Waals surface area contributed by atoms with Crippen molar-refractivity contribution < 1.29 is 18.7 Å². The Hall–Kier alpha value is -2.75. The van der Waals surface area contributed by atoms with E-state index < -0.39 is 17.4 Å². The van der Waals surface area contributed by atoms with Crippen LogP contribution in [-0.4, -0.2) is 11.8 Å². The van der Waals surface area contributed by atoms with E-state index >= 15 is 4.39 Å². The Morgan fingerprint density at radius 1 is 1.05 bits per heavy atom. The van der Waals surface area contributed by atoms with Crippen molar-refractivity contribution in [3.63, 3.8) is 0 Å². The van der Waals surface area contributed by atoms with Crippen molar-refractivity contribution in [2.45, 2.75) is 12.6 Å². The van der Waals surface area contributed by atoms with E-state index in [4.69, 9.17) is 4.74 Å². The summed E-state index contributed by atoms with van der Waals surface area (Å²) in [7, 11) is 0. The van der Waals surface area contributed by atoms with Gasteiger partial charge in [0.05, 0.1) is 0 Å². The molecular formula is C18H13FO3. The number of esters is 1. The predicted octanol–water partition coefficient (Wildman–Crippen LogP) is 3.36. The van der Waals surface area contributed by atoms with Crippen LogP contribution < -0.4 is 4.74 Å². The molecule has 2 aromatic carbocycles. The van der Waals surface area contributed by atoms with Gasteiger partial charge in [0.2, 0.25) is 5.78 Å².